The Hall–Kier alpha value is -2.75. The molecule has 4 heteroatoms. The topological polar surface area (TPSA) is 34.5 Å². The maximum atomic E-state index is 12.8. The van der Waals surface area contributed by atoms with Crippen LogP contribution in [0.15, 0.2) is 60.8 Å². The molecule has 0 atom stereocenters. The summed E-state index contributed by atoms with van der Waals surface area (Å²) in [4.78, 5) is 14.8. The van der Waals surface area contributed by atoms with E-state index in [-0.39, 0.29) is 5.91 Å². The Kier molecular flexibility index (Phi) is 5.65. The molecule has 1 amide bonds. The Morgan fingerprint density at radius 1 is 1.04 bits per heavy atom. The Morgan fingerprint density at radius 2 is 1.82 bits per heavy atom. The summed E-state index contributed by atoms with van der Waals surface area (Å²) >= 11 is 0. The number of nitrogens with zero attached hydrogens (tertiary/aromatic N) is 2. The van der Waals surface area contributed by atoms with Crippen molar-refractivity contribution in [2.75, 3.05) is 7.05 Å². The molecular formula is C24H28N2O2. The van der Waals surface area contributed by atoms with Crippen molar-refractivity contribution < 1.29 is 9.53 Å². The number of carbonyl (C=O) groups is 1. The first-order valence-corrected chi connectivity index (χ1v) is 10.2. The molecule has 0 unspecified atom stereocenters. The molecule has 0 saturated heterocycles. The fourth-order valence-electron chi connectivity index (χ4n) is 4.12. The molecule has 1 heterocycles. The van der Waals surface area contributed by atoms with E-state index in [1.165, 1.54) is 19.3 Å². The van der Waals surface area contributed by atoms with E-state index in [0.717, 1.165) is 35.1 Å². The fourth-order valence-corrected chi connectivity index (χ4v) is 4.12. The minimum Gasteiger partial charge on any atom is -0.488 e. The summed E-state index contributed by atoms with van der Waals surface area (Å²) in [5.74, 6) is 1.04. The third-order valence-electron chi connectivity index (χ3n) is 5.83. The molecule has 4 rings (SSSR count). The zero-order valence-corrected chi connectivity index (χ0v) is 16.5. The van der Waals surface area contributed by atoms with Crippen molar-refractivity contribution in [1.82, 2.24) is 9.47 Å². The van der Waals surface area contributed by atoms with Gasteiger partial charge in [0.25, 0.3) is 0 Å². The number of rotatable bonds is 6. The van der Waals surface area contributed by atoms with Crippen molar-refractivity contribution in [3.05, 3.63) is 66.4 Å². The number of amides is 1. The maximum Gasteiger partial charge on any atom is 0.242 e. The van der Waals surface area contributed by atoms with Crippen LogP contribution >= 0.6 is 0 Å². The quantitative estimate of drug-likeness (QED) is 0.606. The number of hydrogen-bond donors (Lipinski definition) is 0. The van der Waals surface area contributed by atoms with Crippen LogP contribution in [0, 0.1) is 0 Å². The summed E-state index contributed by atoms with van der Waals surface area (Å²) in [6.07, 6.45) is 8.02. The van der Waals surface area contributed by atoms with Crippen LogP contribution in [0.25, 0.3) is 10.9 Å². The summed E-state index contributed by atoms with van der Waals surface area (Å²) in [6, 6.07) is 18.6. The molecule has 146 valence electrons. The second kappa shape index (κ2) is 8.51. The summed E-state index contributed by atoms with van der Waals surface area (Å²) in [5, 5.41) is 1.05. The molecule has 1 fully saturated rings. The van der Waals surface area contributed by atoms with Gasteiger partial charge < -0.3 is 14.2 Å². The Labute approximate surface area is 166 Å². The maximum absolute atomic E-state index is 12.8. The van der Waals surface area contributed by atoms with Gasteiger partial charge >= 0.3 is 0 Å². The van der Waals surface area contributed by atoms with Crippen molar-refractivity contribution in [3.63, 3.8) is 0 Å². The predicted molar refractivity (Wildman–Crippen MR) is 112 cm³/mol. The van der Waals surface area contributed by atoms with Gasteiger partial charge in [0, 0.05) is 24.7 Å². The van der Waals surface area contributed by atoms with Gasteiger partial charge in [0.2, 0.25) is 5.91 Å². The van der Waals surface area contributed by atoms with Crippen LogP contribution in [0.2, 0.25) is 0 Å². The molecule has 0 spiro atoms. The molecule has 1 aliphatic rings. The normalized spacial score (nSPS) is 14.9. The lowest BCUT2D eigenvalue weighted by Crippen LogP contribution is -2.40. The van der Waals surface area contributed by atoms with E-state index >= 15 is 0 Å². The highest BCUT2D eigenvalue weighted by atomic mass is 16.5. The van der Waals surface area contributed by atoms with Gasteiger partial charge in [-0.05, 0) is 36.6 Å². The van der Waals surface area contributed by atoms with Crippen molar-refractivity contribution >= 4 is 16.8 Å². The molecule has 0 aliphatic heterocycles. The zero-order chi connectivity index (χ0) is 19.3. The van der Waals surface area contributed by atoms with E-state index in [1.54, 1.807) is 0 Å². The van der Waals surface area contributed by atoms with Gasteiger partial charge in [-0.2, -0.15) is 0 Å². The lowest BCUT2D eigenvalue weighted by Gasteiger charge is -2.31. The van der Waals surface area contributed by atoms with Crippen LogP contribution in [0.3, 0.4) is 0 Å². The van der Waals surface area contributed by atoms with Crippen LogP contribution in [0.4, 0.5) is 0 Å². The Bertz CT molecular complexity index is 926. The zero-order valence-electron chi connectivity index (χ0n) is 16.5. The molecule has 3 aromatic rings. The highest BCUT2D eigenvalue weighted by molar-refractivity contribution is 5.88. The first-order valence-electron chi connectivity index (χ1n) is 10.2. The number of aromatic nitrogens is 1. The molecule has 28 heavy (non-hydrogen) atoms. The standard InChI is InChI=1S/C24H28N2O2/c1-25(20-11-6-3-7-12-20)24(27)17-26-16-15-21-22(26)13-8-14-23(21)28-18-19-9-4-2-5-10-19/h2,4-5,8-10,13-16,20H,3,6-7,11-12,17-18H2,1H3. The van der Waals surface area contributed by atoms with E-state index in [2.05, 4.69) is 18.2 Å². The van der Waals surface area contributed by atoms with Crippen molar-refractivity contribution in [2.24, 2.45) is 0 Å². The third kappa shape index (κ3) is 4.06. The molecule has 0 radical (unpaired) electrons. The van der Waals surface area contributed by atoms with Gasteiger partial charge in [-0.15, -0.1) is 0 Å². The number of benzene rings is 2. The SMILES string of the molecule is CN(C(=O)Cn1ccc2c(OCc3ccccc3)cccc21)C1CCCCC1. The van der Waals surface area contributed by atoms with Crippen LogP contribution in [-0.2, 0) is 17.9 Å². The average molecular weight is 377 g/mol. The number of likely N-dealkylation sites (N-methyl/N-ethyl adjacent to an activating group) is 1. The Balaban J connectivity index is 1.47. The van der Waals surface area contributed by atoms with Crippen molar-refractivity contribution in [3.8, 4) is 5.75 Å². The number of ether oxygens (including phenoxy) is 1. The Morgan fingerprint density at radius 3 is 2.61 bits per heavy atom. The number of carbonyl (C=O) groups excluding carboxylic acids is 1. The fraction of sp³-hybridized carbons (Fsp3) is 0.375. The van der Waals surface area contributed by atoms with E-state index in [4.69, 9.17) is 4.74 Å². The molecule has 0 N–H and O–H groups in total. The second-order valence-electron chi connectivity index (χ2n) is 7.70. The molecule has 1 aliphatic carbocycles. The lowest BCUT2D eigenvalue weighted by molar-refractivity contribution is -0.133. The van der Waals surface area contributed by atoms with E-state index in [1.807, 2.05) is 59.1 Å². The second-order valence-corrected chi connectivity index (χ2v) is 7.70. The minimum atomic E-state index is 0.181. The van der Waals surface area contributed by atoms with Gasteiger partial charge in [0.15, 0.2) is 0 Å². The predicted octanol–water partition coefficient (Wildman–Crippen LogP) is 5.01. The monoisotopic (exact) mass is 376 g/mol. The van der Waals surface area contributed by atoms with E-state index in [9.17, 15) is 4.79 Å². The molecule has 0 bridgehead atoms. The lowest BCUT2D eigenvalue weighted by atomic mass is 9.94. The van der Waals surface area contributed by atoms with Gasteiger partial charge in [-0.1, -0.05) is 55.7 Å². The first kappa shape index (κ1) is 18.6. The van der Waals surface area contributed by atoms with Crippen molar-refractivity contribution in [1.29, 1.82) is 0 Å². The smallest absolute Gasteiger partial charge is 0.242 e. The summed E-state index contributed by atoms with van der Waals surface area (Å²) in [5.41, 5.74) is 2.18. The highest BCUT2D eigenvalue weighted by Crippen LogP contribution is 2.28. The summed E-state index contributed by atoms with van der Waals surface area (Å²) in [7, 11) is 1.96. The molecule has 2 aromatic carbocycles. The highest BCUT2D eigenvalue weighted by Gasteiger charge is 2.22. The number of fused-ring (bicyclic) bond motifs is 1. The van der Waals surface area contributed by atoms with Crippen LogP contribution < -0.4 is 4.74 Å². The van der Waals surface area contributed by atoms with Gasteiger partial charge in [0.1, 0.15) is 18.9 Å². The van der Waals surface area contributed by atoms with E-state index in [0.29, 0.717) is 19.2 Å². The molecule has 1 saturated carbocycles. The first-order chi connectivity index (χ1) is 13.7. The summed E-state index contributed by atoms with van der Waals surface area (Å²) < 4.78 is 8.09. The van der Waals surface area contributed by atoms with Crippen LogP contribution in [-0.4, -0.2) is 28.5 Å². The minimum absolute atomic E-state index is 0.181. The van der Waals surface area contributed by atoms with Crippen LogP contribution in [0.5, 0.6) is 5.75 Å². The third-order valence-corrected chi connectivity index (χ3v) is 5.83. The molecule has 4 nitrogen and oxygen atoms in total. The largest absolute Gasteiger partial charge is 0.488 e. The van der Waals surface area contributed by atoms with Crippen molar-refractivity contribution in [2.45, 2.75) is 51.3 Å². The van der Waals surface area contributed by atoms with Gasteiger partial charge in [0.05, 0.1) is 5.52 Å². The van der Waals surface area contributed by atoms with Crippen LogP contribution in [0.1, 0.15) is 37.7 Å². The van der Waals surface area contributed by atoms with E-state index < -0.39 is 0 Å². The molecule has 1 aromatic heterocycles. The number of hydrogen-bond acceptors (Lipinski definition) is 2. The van der Waals surface area contributed by atoms with Gasteiger partial charge in [-0.3, -0.25) is 4.79 Å². The molecular weight excluding hydrogens is 348 g/mol. The average Bonchev–Trinajstić information content (AvgIpc) is 3.16. The summed E-state index contributed by atoms with van der Waals surface area (Å²) in [6.45, 7) is 0.910. The van der Waals surface area contributed by atoms with Gasteiger partial charge in [-0.25, -0.2) is 0 Å².